The average molecular weight is 230 g/mol. The van der Waals surface area contributed by atoms with Crippen LogP contribution in [-0.4, -0.2) is 22.2 Å². The number of anilines is 1. The van der Waals surface area contributed by atoms with Crippen LogP contribution in [-0.2, 0) is 0 Å². The fraction of sp³-hybridized carbons (Fsp3) is 0.429. The Morgan fingerprint density at radius 1 is 1.12 bits per heavy atom. The third kappa shape index (κ3) is 2.15. The highest BCUT2D eigenvalue weighted by Crippen LogP contribution is 2.27. The van der Waals surface area contributed by atoms with Gasteiger partial charge in [-0.05, 0) is 31.7 Å². The van der Waals surface area contributed by atoms with Crippen LogP contribution in [0.3, 0.4) is 0 Å². The van der Waals surface area contributed by atoms with Gasteiger partial charge in [0.05, 0.1) is 11.8 Å². The van der Waals surface area contributed by atoms with Crippen molar-refractivity contribution in [2.45, 2.75) is 37.8 Å². The number of aliphatic hydroxyl groups excluding tert-OH is 1. The quantitative estimate of drug-likeness (QED) is 0.743. The topological polar surface area (TPSA) is 48.0 Å². The first-order chi connectivity index (χ1) is 8.33. The van der Waals surface area contributed by atoms with Crippen molar-refractivity contribution in [3.8, 4) is 0 Å². The van der Waals surface area contributed by atoms with Gasteiger partial charge in [-0.25, -0.2) is 0 Å². The number of fused-ring (bicyclic) bond motifs is 1. The van der Waals surface area contributed by atoms with Crippen LogP contribution < -0.4 is 5.32 Å². The van der Waals surface area contributed by atoms with Crippen LogP contribution in [0.4, 0.5) is 5.69 Å². The fourth-order valence-electron chi connectivity index (χ4n) is 2.63. The van der Waals surface area contributed by atoms with E-state index in [1.54, 1.807) is 0 Å². The van der Waals surface area contributed by atoms with Crippen LogP contribution in [0.5, 0.6) is 0 Å². The number of para-hydroxylation sites is 1. The lowest BCUT2D eigenvalue weighted by atomic mass is 9.93. The van der Waals surface area contributed by atoms with Crippen molar-refractivity contribution >= 4 is 16.6 Å². The van der Waals surface area contributed by atoms with E-state index in [0.29, 0.717) is 6.04 Å². The van der Waals surface area contributed by atoms with Crippen molar-refractivity contribution in [1.82, 2.24) is 4.98 Å². The Morgan fingerprint density at radius 2 is 1.88 bits per heavy atom. The molecule has 1 aromatic heterocycles. The molecule has 0 spiro atoms. The van der Waals surface area contributed by atoms with Crippen molar-refractivity contribution in [2.75, 3.05) is 5.32 Å². The van der Waals surface area contributed by atoms with Gasteiger partial charge in [0.1, 0.15) is 0 Å². The van der Waals surface area contributed by atoms with Gasteiger partial charge in [-0.2, -0.15) is 0 Å². The molecule has 0 amide bonds. The summed E-state index contributed by atoms with van der Waals surface area (Å²) < 4.78 is 0. The van der Waals surface area contributed by atoms with Gasteiger partial charge in [0.15, 0.2) is 0 Å². The Labute approximate surface area is 101 Å². The number of benzene rings is 1. The summed E-state index contributed by atoms with van der Waals surface area (Å²) in [5, 5.41) is 14.3. The van der Waals surface area contributed by atoms with E-state index in [2.05, 4.69) is 28.5 Å². The second kappa shape index (κ2) is 4.41. The highest BCUT2D eigenvalue weighted by Gasteiger charge is 2.19. The summed E-state index contributed by atoms with van der Waals surface area (Å²) in [6.07, 6.45) is 5.90. The molecule has 3 heteroatoms. The molecule has 1 aromatic carbocycles. The molecule has 90 valence electrons. The molecule has 1 fully saturated rings. The van der Waals surface area contributed by atoms with E-state index >= 15 is 0 Å². The van der Waals surface area contributed by atoms with Crippen molar-refractivity contribution in [3.05, 3.63) is 30.5 Å². The number of nitrogens with one attached hydrogen (secondary N) is 2. The van der Waals surface area contributed by atoms with Crippen LogP contribution in [0, 0.1) is 0 Å². The lowest BCUT2D eigenvalue weighted by Gasteiger charge is -2.26. The molecule has 1 aliphatic carbocycles. The molecule has 3 nitrogen and oxygen atoms in total. The zero-order chi connectivity index (χ0) is 11.7. The molecule has 0 unspecified atom stereocenters. The first-order valence-electron chi connectivity index (χ1n) is 6.33. The molecule has 0 saturated heterocycles. The number of aromatic nitrogens is 1. The van der Waals surface area contributed by atoms with Gasteiger partial charge >= 0.3 is 0 Å². The van der Waals surface area contributed by atoms with E-state index in [4.69, 9.17) is 0 Å². The van der Waals surface area contributed by atoms with Gasteiger partial charge in [-0.15, -0.1) is 0 Å². The minimum atomic E-state index is -0.0870. The first-order valence-corrected chi connectivity index (χ1v) is 6.33. The summed E-state index contributed by atoms with van der Waals surface area (Å²) in [4.78, 5) is 3.27. The molecule has 3 N–H and O–H groups in total. The van der Waals surface area contributed by atoms with Crippen LogP contribution in [0.1, 0.15) is 25.7 Å². The van der Waals surface area contributed by atoms with Gasteiger partial charge in [0.25, 0.3) is 0 Å². The monoisotopic (exact) mass is 230 g/mol. The molecule has 3 rings (SSSR count). The molecule has 2 aromatic rings. The Kier molecular flexibility index (Phi) is 2.77. The van der Waals surface area contributed by atoms with E-state index in [-0.39, 0.29) is 6.10 Å². The van der Waals surface area contributed by atoms with Gasteiger partial charge < -0.3 is 15.4 Å². The smallest absolute Gasteiger partial charge is 0.0600 e. The predicted molar refractivity (Wildman–Crippen MR) is 70.2 cm³/mol. The third-order valence-corrected chi connectivity index (χ3v) is 3.65. The lowest BCUT2D eigenvalue weighted by molar-refractivity contribution is 0.126. The molecular weight excluding hydrogens is 212 g/mol. The molecule has 0 aliphatic heterocycles. The summed E-state index contributed by atoms with van der Waals surface area (Å²) in [6.45, 7) is 0. The molecule has 17 heavy (non-hydrogen) atoms. The Morgan fingerprint density at radius 3 is 2.71 bits per heavy atom. The predicted octanol–water partition coefficient (Wildman–Crippen LogP) is 2.88. The number of aliphatic hydroxyl groups is 1. The highest BCUT2D eigenvalue weighted by atomic mass is 16.3. The van der Waals surface area contributed by atoms with Crippen LogP contribution in [0.15, 0.2) is 30.5 Å². The lowest BCUT2D eigenvalue weighted by Crippen LogP contribution is -2.28. The summed E-state index contributed by atoms with van der Waals surface area (Å²) in [6, 6.07) is 8.82. The molecule has 0 atom stereocenters. The third-order valence-electron chi connectivity index (χ3n) is 3.65. The maximum absolute atomic E-state index is 9.49. The zero-order valence-corrected chi connectivity index (χ0v) is 9.82. The first kappa shape index (κ1) is 10.7. The average Bonchev–Trinajstić information content (AvgIpc) is 2.76. The highest BCUT2D eigenvalue weighted by molar-refractivity contribution is 5.92. The minimum absolute atomic E-state index is 0.0870. The van der Waals surface area contributed by atoms with Crippen molar-refractivity contribution < 1.29 is 5.11 Å². The molecule has 1 heterocycles. The zero-order valence-electron chi connectivity index (χ0n) is 9.82. The van der Waals surface area contributed by atoms with E-state index in [9.17, 15) is 5.11 Å². The van der Waals surface area contributed by atoms with Crippen LogP contribution in [0.2, 0.25) is 0 Å². The summed E-state index contributed by atoms with van der Waals surface area (Å²) in [5.41, 5.74) is 2.35. The fourth-order valence-corrected chi connectivity index (χ4v) is 2.63. The normalized spacial score (nSPS) is 25.0. The van der Waals surface area contributed by atoms with Gasteiger partial charge in [0, 0.05) is 23.1 Å². The Balaban J connectivity index is 1.76. The van der Waals surface area contributed by atoms with E-state index in [0.717, 1.165) is 25.7 Å². The van der Waals surface area contributed by atoms with Crippen molar-refractivity contribution in [1.29, 1.82) is 0 Å². The van der Waals surface area contributed by atoms with E-state index in [1.807, 2.05) is 12.3 Å². The molecule has 1 saturated carbocycles. The molecule has 0 bridgehead atoms. The second-order valence-electron chi connectivity index (χ2n) is 4.90. The number of hydrogen-bond acceptors (Lipinski definition) is 2. The summed E-state index contributed by atoms with van der Waals surface area (Å²) in [5.74, 6) is 0. The van der Waals surface area contributed by atoms with Crippen molar-refractivity contribution in [2.24, 2.45) is 0 Å². The number of rotatable bonds is 2. The van der Waals surface area contributed by atoms with Gasteiger partial charge in [-0.3, -0.25) is 0 Å². The minimum Gasteiger partial charge on any atom is -0.393 e. The van der Waals surface area contributed by atoms with Crippen LogP contribution >= 0.6 is 0 Å². The van der Waals surface area contributed by atoms with E-state index in [1.165, 1.54) is 16.6 Å². The molecule has 1 aliphatic rings. The van der Waals surface area contributed by atoms with Gasteiger partial charge in [-0.1, -0.05) is 18.2 Å². The maximum Gasteiger partial charge on any atom is 0.0600 e. The Hall–Kier alpha value is -1.48. The maximum atomic E-state index is 9.49. The second-order valence-corrected chi connectivity index (χ2v) is 4.90. The number of hydrogen-bond donors (Lipinski definition) is 3. The standard InChI is InChI=1S/C14H18N2O/c17-11-7-5-10(6-8-11)16-14-9-15-13-4-2-1-3-12(13)14/h1-4,9-11,15-17H,5-8H2. The molecule has 0 radical (unpaired) electrons. The molecular formula is C14H18N2O. The Bertz CT molecular complexity index is 498. The van der Waals surface area contributed by atoms with Crippen molar-refractivity contribution in [3.63, 3.8) is 0 Å². The largest absolute Gasteiger partial charge is 0.393 e. The van der Waals surface area contributed by atoms with Crippen LogP contribution in [0.25, 0.3) is 10.9 Å². The van der Waals surface area contributed by atoms with Gasteiger partial charge in [0.2, 0.25) is 0 Å². The number of H-pyrrole nitrogens is 1. The number of aromatic amines is 1. The van der Waals surface area contributed by atoms with E-state index < -0.39 is 0 Å². The summed E-state index contributed by atoms with van der Waals surface area (Å²) in [7, 11) is 0. The summed E-state index contributed by atoms with van der Waals surface area (Å²) >= 11 is 0. The SMILES string of the molecule is OC1CCC(Nc2c[nH]c3ccccc23)CC1.